The second-order valence-electron chi connectivity index (χ2n) is 4.74. The quantitative estimate of drug-likeness (QED) is 0.675. The fourth-order valence-corrected chi connectivity index (χ4v) is 2.08. The van der Waals surface area contributed by atoms with Gasteiger partial charge < -0.3 is 9.47 Å². The Bertz CT molecular complexity index is 356. The van der Waals surface area contributed by atoms with Gasteiger partial charge in [-0.15, -0.1) is 0 Å². The summed E-state index contributed by atoms with van der Waals surface area (Å²) < 4.78 is 10.7. The summed E-state index contributed by atoms with van der Waals surface area (Å²) in [5.41, 5.74) is 2.69. The van der Waals surface area contributed by atoms with E-state index in [2.05, 4.69) is 25.1 Å². The number of unbranched alkanes of at least 4 members (excludes halogenated alkanes) is 1. The molecule has 1 aromatic rings. The minimum absolute atomic E-state index is 0.500. The molecule has 2 heteroatoms. The molecule has 1 aliphatic rings. The van der Waals surface area contributed by atoms with Crippen molar-refractivity contribution in [3.63, 3.8) is 0 Å². The van der Waals surface area contributed by atoms with Gasteiger partial charge in [-0.1, -0.05) is 25.5 Å². The number of methoxy groups -OCH3 is 1. The predicted molar refractivity (Wildman–Crippen MR) is 69.7 cm³/mol. The standard InChI is InChI=1S/C15H22O2/c1-3-4-5-12-6-7-13(15(10-12)16-2)8-9-14-11-17-14/h6-7,10,14H,3-5,8-9,11H2,1-2H3. The molecule has 0 radical (unpaired) electrons. The van der Waals surface area contributed by atoms with Crippen LogP contribution in [0.5, 0.6) is 5.75 Å². The van der Waals surface area contributed by atoms with Crippen molar-refractivity contribution in [1.82, 2.24) is 0 Å². The Morgan fingerprint density at radius 1 is 1.35 bits per heavy atom. The first-order valence-electron chi connectivity index (χ1n) is 6.61. The molecule has 1 saturated heterocycles. The maximum Gasteiger partial charge on any atom is 0.122 e. The van der Waals surface area contributed by atoms with Crippen LogP contribution in [-0.2, 0) is 17.6 Å². The first kappa shape index (κ1) is 12.4. The van der Waals surface area contributed by atoms with Crippen LogP contribution in [-0.4, -0.2) is 19.8 Å². The van der Waals surface area contributed by atoms with E-state index in [1.165, 1.54) is 24.0 Å². The highest BCUT2D eigenvalue weighted by Crippen LogP contribution is 2.25. The van der Waals surface area contributed by atoms with E-state index in [0.29, 0.717) is 6.10 Å². The molecule has 1 fully saturated rings. The number of epoxide rings is 1. The molecule has 2 nitrogen and oxygen atoms in total. The van der Waals surface area contributed by atoms with Gasteiger partial charge in [-0.05, 0) is 42.9 Å². The van der Waals surface area contributed by atoms with Crippen molar-refractivity contribution in [2.45, 2.75) is 45.1 Å². The van der Waals surface area contributed by atoms with Crippen LogP contribution in [0.25, 0.3) is 0 Å². The van der Waals surface area contributed by atoms with Crippen molar-refractivity contribution in [2.75, 3.05) is 13.7 Å². The summed E-state index contributed by atoms with van der Waals surface area (Å²) in [5.74, 6) is 1.04. The molecule has 0 amide bonds. The molecule has 1 heterocycles. The Kier molecular flexibility index (Phi) is 4.43. The third-order valence-corrected chi connectivity index (χ3v) is 3.31. The molecule has 0 aromatic heterocycles. The molecule has 17 heavy (non-hydrogen) atoms. The van der Waals surface area contributed by atoms with E-state index in [4.69, 9.17) is 9.47 Å². The average molecular weight is 234 g/mol. The van der Waals surface area contributed by atoms with Gasteiger partial charge in [-0.3, -0.25) is 0 Å². The normalized spacial score (nSPS) is 18.1. The highest BCUT2D eigenvalue weighted by molar-refractivity contribution is 5.37. The molecule has 1 aliphatic heterocycles. The van der Waals surface area contributed by atoms with Crippen molar-refractivity contribution in [3.05, 3.63) is 29.3 Å². The van der Waals surface area contributed by atoms with E-state index >= 15 is 0 Å². The van der Waals surface area contributed by atoms with E-state index in [0.717, 1.165) is 31.6 Å². The Labute approximate surface area is 104 Å². The van der Waals surface area contributed by atoms with Crippen molar-refractivity contribution < 1.29 is 9.47 Å². The van der Waals surface area contributed by atoms with Crippen molar-refractivity contribution in [2.24, 2.45) is 0 Å². The van der Waals surface area contributed by atoms with E-state index in [-0.39, 0.29) is 0 Å². The number of rotatable bonds is 7. The smallest absolute Gasteiger partial charge is 0.122 e. The minimum atomic E-state index is 0.500. The number of benzene rings is 1. The molecule has 1 unspecified atom stereocenters. The Morgan fingerprint density at radius 3 is 2.82 bits per heavy atom. The Hall–Kier alpha value is -1.02. The summed E-state index contributed by atoms with van der Waals surface area (Å²) in [6.07, 6.45) is 6.31. The van der Waals surface area contributed by atoms with E-state index in [1.807, 2.05) is 0 Å². The first-order chi connectivity index (χ1) is 8.33. The summed E-state index contributed by atoms with van der Waals surface area (Å²) in [4.78, 5) is 0. The SMILES string of the molecule is CCCCc1ccc(CCC2CO2)c(OC)c1. The van der Waals surface area contributed by atoms with Crippen LogP contribution in [0.3, 0.4) is 0 Å². The topological polar surface area (TPSA) is 21.8 Å². The third kappa shape index (κ3) is 3.74. The fraction of sp³-hybridized carbons (Fsp3) is 0.600. The highest BCUT2D eigenvalue weighted by atomic mass is 16.6. The lowest BCUT2D eigenvalue weighted by Crippen LogP contribution is -1.97. The van der Waals surface area contributed by atoms with Crippen LogP contribution < -0.4 is 4.74 Å². The molecule has 0 saturated carbocycles. The number of hydrogen-bond donors (Lipinski definition) is 0. The van der Waals surface area contributed by atoms with E-state index < -0.39 is 0 Å². The zero-order valence-electron chi connectivity index (χ0n) is 10.9. The van der Waals surface area contributed by atoms with Gasteiger partial charge in [0.15, 0.2) is 0 Å². The summed E-state index contributed by atoms with van der Waals surface area (Å²) >= 11 is 0. The van der Waals surface area contributed by atoms with Crippen LogP contribution in [0.2, 0.25) is 0 Å². The lowest BCUT2D eigenvalue weighted by molar-refractivity contribution is 0.389. The molecule has 1 atom stereocenters. The van der Waals surface area contributed by atoms with Crippen molar-refractivity contribution in [1.29, 1.82) is 0 Å². The van der Waals surface area contributed by atoms with Gasteiger partial charge in [-0.2, -0.15) is 0 Å². The summed E-state index contributed by atoms with van der Waals surface area (Å²) in [6.45, 7) is 3.16. The number of hydrogen-bond acceptors (Lipinski definition) is 2. The third-order valence-electron chi connectivity index (χ3n) is 3.31. The molecule has 1 aromatic carbocycles. The zero-order chi connectivity index (χ0) is 12.1. The largest absolute Gasteiger partial charge is 0.496 e. The van der Waals surface area contributed by atoms with Gasteiger partial charge in [-0.25, -0.2) is 0 Å². The molecule has 94 valence electrons. The number of ether oxygens (including phenoxy) is 2. The maximum atomic E-state index is 5.48. The molecule has 0 spiro atoms. The van der Waals surface area contributed by atoms with Crippen LogP contribution in [0.4, 0.5) is 0 Å². The molecular formula is C15H22O2. The molecule has 0 bridgehead atoms. The van der Waals surface area contributed by atoms with Gasteiger partial charge in [0.1, 0.15) is 5.75 Å². The zero-order valence-corrected chi connectivity index (χ0v) is 10.9. The summed E-state index contributed by atoms with van der Waals surface area (Å²) in [6, 6.07) is 6.65. The molecule has 0 aliphatic carbocycles. The van der Waals surface area contributed by atoms with E-state index in [1.54, 1.807) is 7.11 Å². The minimum Gasteiger partial charge on any atom is -0.496 e. The second-order valence-corrected chi connectivity index (χ2v) is 4.74. The summed E-state index contributed by atoms with van der Waals surface area (Å²) in [5, 5.41) is 0. The van der Waals surface area contributed by atoms with Crippen LogP contribution in [0, 0.1) is 0 Å². The predicted octanol–water partition coefficient (Wildman–Crippen LogP) is 3.37. The monoisotopic (exact) mass is 234 g/mol. The van der Waals surface area contributed by atoms with Crippen LogP contribution >= 0.6 is 0 Å². The average Bonchev–Trinajstić information content (AvgIpc) is 3.18. The second kappa shape index (κ2) is 6.06. The maximum absolute atomic E-state index is 5.48. The lowest BCUT2D eigenvalue weighted by atomic mass is 10.0. The van der Waals surface area contributed by atoms with Gasteiger partial charge in [0.25, 0.3) is 0 Å². The Morgan fingerprint density at radius 2 is 2.18 bits per heavy atom. The Balaban J connectivity index is 1.98. The van der Waals surface area contributed by atoms with Crippen LogP contribution in [0.15, 0.2) is 18.2 Å². The number of aryl methyl sites for hydroxylation is 2. The summed E-state index contributed by atoms with van der Waals surface area (Å²) in [7, 11) is 1.76. The molecular weight excluding hydrogens is 212 g/mol. The van der Waals surface area contributed by atoms with Crippen molar-refractivity contribution >= 4 is 0 Å². The fourth-order valence-electron chi connectivity index (χ4n) is 2.08. The molecule has 2 rings (SSSR count). The van der Waals surface area contributed by atoms with E-state index in [9.17, 15) is 0 Å². The van der Waals surface area contributed by atoms with Crippen LogP contribution in [0.1, 0.15) is 37.3 Å². The first-order valence-corrected chi connectivity index (χ1v) is 6.61. The lowest BCUT2D eigenvalue weighted by Gasteiger charge is -2.10. The highest BCUT2D eigenvalue weighted by Gasteiger charge is 2.22. The van der Waals surface area contributed by atoms with Gasteiger partial charge in [0, 0.05) is 0 Å². The van der Waals surface area contributed by atoms with Gasteiger partial charge >= 0.3 is 0 Å². The molecule has 0 N–H and O–H groups in total. The van der Waals surface area contributed by atoms with Gasteiger partial charge in [0.2, 0.25) is 0 Å². The van der Waals surface area contributed by atoms with Gasteiger partial charge in [0.05, 0.1) is 19.8 Å². The van der Waals surface area contributed by atoms with Crippen molar-refractivity contribution in [3.8, 4) is 5.75 Å².